The van der Waals surface area contributed by atoms with E-state index in [1.165, 1.54) is 30.6 Å². The Kier molecular flexibility index (Phi) is 5.99. The second-order valence-corrected chi connectivity index (χ2v) is 7.61. The Morgan fingerprint density at radius 2 is 2.05 bits per heavy atom. The van der Waals surface area contributed by atoms with E-state index >= 15 is 0 Å². The highest BCUT2D eigenvalue weighted by Crippen LogP contribution is 2.31. The van der Waals surface area contributed by atoms with Gasteiger partial charge in [0.1, 0.15) is 0 Å². The zero-order valence-corrected chi connectivity index (χ0v) is 14.4. The van der Waals surface area contributed by atoms with Gasteiger partial charge in [-0.3, -0.25) is 0 Å². The maximum atomic E-state index is 5.38. The minimum atomic E-state index is 0.646. The summed E-state index contributed by atoms with van der Waals surface area (Å²) in [6.07, 6.45) is 7.47. The Hall–Kier alpha value is -0.460. The van der Waals surface area contributed by atoms with E-state index in [0.717, 1.165) is 22.8 Å². The lowest BCUT2D eigenvalue weighted by atomic mass is 9.95. The molecule has 1 saturated carbocycles. The van der Waals surface area contributed by atoms with Crippen molar-refractivity contribution in [1.82, 2.24) is 10.3 Å². The highest BCUT2D eigenvalue weighted by molar-refractivity contribution is 7.99. The zero-order chi connectivity index (χ0) is 14.5. The van der Waals surface area contributed by atoms with Crippen LogP contribution < -0.4 is 15.0 Å². The maximum absolute atomic E-state index is 5.38. The summed E-state index contributed by atoms with van der Waals surface area (Å²) in [5.41, 5.74) is 0. The van der Waals surface area contributed by atoms with E-state index in [2.05, 4.69) is 16.6 Å². The first-order chi connectivity index (χ1) is 9.63. The van der Waals surface area contributed by atoms with E-state index in [0.29, 0.717) is 6.04 Å². The van der Waals surface area contributed by atoms with Crippen LogP contribution in [-0.4, -0.2) is 43.7 Å². The molecule has 1 fully saturated rings. The van der Waals surface area contributed by atoms with Crippen LogP contribution in [-0.2, 0) is 6.54 Å². The molecule has 0 aromatic carbocycles. The number of thiazole rings is 1. The van der Waals surface area contributed by atoms with Gasteiger partial charge in [-0.2, -0.15) is 16.7 Å². The molecular formula is C14H25N3OS2. The molecule has 0 radical (unpaired) electrons. The van der Waals surface area contributed by atoms with E-state index in [1.807, 2.05) is 30.8 Å². The lowest BCUT2D eigenvalue weighted by Gasteiger charge is -2.28. The molecule has 0 aliphatic heterocycles. The summed E-state index contributed by atoms with van der Waals surface area (Å²) in [4.78, 5) is 7.72. The van der Waals surface area contributed by atoms with Gasteiger partial charge in [-0.15, -0.1) is 0 Å². The summed E-state index contributed by atoms with van der Waals surface area (Å²) >= 11 is 3.72. The summed E-state index contributed by atoms with van der Waals surface area (Å²) in [7, 11) is 5.72. The van der Waals surface area contributed by atoms with E-state index in [9.17, 15) is 0 Å². The average Bonchev–Trinajstić information content (AvgIpc) is 2.89. The van der Waals surface area contributed by atoms with Crippen LogP contribution in [0.2, 0.25) is 0 Å². The summed E-state index contributed by atoms with van der Waals surface area (Å²) in [6.45, 7) is 0.864. The fraction of sp³-hybridized carbons (Fsp3) is 0.786. The van der Waals surface area contributed by atoms with Crippen molar-refractivity contribution in [1.29, 1.82) is 0 Å². The lowest BCUT2D eigenvalue weighted by Crippen LogP contribution is -2.33. The minimum absolute atomic E-state index is 0.646. The van der Waals surface area contributed by atoms with Gasteiger partial charge in [0.15, 0.2) is 5.13 Å². The van der Waals surface area contributed by atoms with Crippen LogP contribution in [0, 0.1) is 0 Å². The Morgan fingerprint density at radius 1 is 1.35 bits per heavy atom. The van der Waals surface area contributed by atoms with E-state index in [1.54, 1.807) is 18.4 Å². The van der Waals surface area contributed by atoms with Gasteiger partial charge in [-0.1, -0.05) is 11.3 Å². The van der Waals surface area contributed by atoms with Crippen LogP contribution in [0.25, 0.3) is 0 Å². The van der Waals surface area contributed by atoms with Gasteiger partial charge in [-0.25, -0.2) is 0 Å². The first-order valence-corrected chi connectivity index (χ1v) is 9.21. The molecule has 20 heavy (non-hydrogen) atoms. The topological polar surface area (TPSA) is 37.4 Å². The maximum Gasteiger partial charge on any atom is 0.230 e. The fourth-order valence-electron chi connectivity index (χ4n) is 2.53. The van der Waals surface area contributed by atoms with Crippen molar-refractivity contribution in [2.24, 2.45) is 0 Å². The summed E-state index contributed by atoms with van der Waals surface area (Å²) in [6, 6.07) is 0.646. The Morgan fingerprint density at radius 3 is 2.60 bits per heavy atom. The number of hydrogen-bond donors (Lipinski definition) is 1. The Labute approximate surface area is 130 Å². The van der Waals surface area contributed by atoms with Crippen LogP contribution in [0.15, 0.2) is 0 Å². The third-order valence-corrected chi connectivity index (χ3v) is 6.13. The molecule has 2 rings (SSSR count). The van der Waals surface area contributed by atoms with Gasteiger partial charge in [0.25, 0.3) is 0 Å². The van der Waals surface area contributed by atoms with Crippen molar-refractivity contribution < 1.29 is 4.74 Å². The molecule has 1 aliphatic carbocycles. The van der Waals surface area contributed by atoms with Gasteiger partial charge in [-0.05, 0) is 31.9 Å². The number of anilines is 1. The average molecular weight is 316 g/mol. The molecule has 0 spiro atoms. The highest BCUT2D eigenvalue weighted by atomic mass is 32.2. The van der Waals surface area contributed by atoms with E-state index in [4.69, 9.17) is 4.74 Å². The van der Waals surface area contributed by atoms with Gasteiger partial charge >= 0.3 is 0 Å². The standard InChI is InChI=1S/C14H25N3OS2/c1-17(2)14-16-13(18-3)12(20-14)9-15-10-5-7-11(19-4)8-6-10/h10-11,15H,5-9H2,1-4H3. The van der Waals surface area contributed by atoms with Gasteiger partial charge in [0.2, 0.25) is 5.88 Å². The molecule has 1 N–H and O–H groups in total. The predicted octanol–water partition coefficient (Wildman–Crippen LogP) is 2.98. The van der Waals surface area contributed by atoms with Crippen LogP contribution in [0.5, 0.6) is 5.88 Å². The number of methoxy groups -OCH3 is 1. The van der Waals surface area contributed by atoms with Crippen molar-refractivity contribution >= 4 is 28.2 Å². The normalized spacial score (nSPS) is 22.8. The van der Waals surface area contributed by atoms with Crippen LogP contribution in [0.3, 0.4) is 0 Å². The van der Waals surface area contributed by atoms with Crippen molar-refractivity contribution in [3.63, 3.8) is 0 Å². The second kappa shape index (κ2) is 7.52. The molecule has 1 aromatic rings. The van der Waals surface area contributed by atoms with Crippen LogP contribution in [0.4, 0.5) is 5.13 Å². The molecule has 1 heterocycles. The molecule has 0 saturated heterocycles. The summed E-state index contributed by atoms with van der Waals surface area (Å²) in [5, 5.41) is 5.54. The molecule has 4 nitrogen and oxygen atoms in total. The molecule has 6 heteroatoms. The second-order valence-electron chi connectivity index (χ2n) is 5.41. The number of ether oxygens (including phenoxy) is 1. The van der Waals surface area contributed by atoms with Crippen molar-refractivity contribution in [2.75, 3.05) is 32.4 Å². The Bertz CT molecular complexity index is 415. The number of nitrogens with zero attached hydrogens (tertiary/aromatic N) is 2. The van der Waals surface area contributed by atoms with E-state index in [-0.39, 0.29) is 0 Å². The lowest BCUT2D eigenvalue weighted by molar-refractivity contribution is 0.369. The SMILES string of the molecule is COc1nc(N(C)C)sc1CNC1CCC(SC)CC1. The molecule has 1 aromatic heterocycles. The number of thioether (sulfide) groups is 1. The number of nitrogens with one attached hydrogen (secondary N) is 1. The zero-order valence-electron chi connectivity index (χ0n) is 12.8. The first kappa shape index (κ1) is 15.9. The Balaban J connectivity index is 1.87. The molecule has 1 aliphatic rings. The highest BCUT2D eigenvalue weighted by Gasteiger charge is 2.21. The third kappa shape index (κ3) is 4.02. The molecule has 0 unspecified atom stereocenters. The summed E-state index contributed by atoms with van der Waals surface area (Å²) in [5.74, 6) is 0.768. The molecule has 0 bridgehead atoms. The van der Waals surface area contributed by atoms with Crippen LogP contribution >= 0.6 is 23.1 Å². The molecule has 0 amide bonds. The fourth-order valence-corrected chi connectivity index (χ4v) is 4.17. The van der Waals surface area contributed by atoms with E-state index < -0.39 is 0 Å². The van der Waals surface area contributed by atoms with Gasteiger partial charge in [0.05, 0.1) is 12.0 Å². The monoisotopic (exact) mass is 315 g/mol. The predicted molar refractivity (Wildman–Crippen MR) is 89.4 cm³/mol. The number of rotatable bonds is 6. The molecule has 114 valence electrons. The smallest absolute Gasteiger partial charge is 0.230 e. The summed E-state index contributed by atoms with van der Waals surface area (Å²) < 4.78 is 5.38. The molecular weight excluding hydrogens is 290 g/mol. The van der Waals surface area contributed by atoms with Crippen LogP contribution in [0.1, 0.15) is 30.6 Å². The minimum Gasteiger partial charge on any atom is -0.480 e. The van der Waals surface area contributed by atoms with Gasteiger partial charge in [0, 0.05) is 31.9 Å². The quantitative estimate of drug-likeness (QED) is 0.873. The van der Waals surface area contributed by atoms with Crippen molar-refractivity contribution in [3.05, 3.63) is 4.88 Å². The largest absolute Gasteiger partial charge is 0.480 e. The number of aromatic nitrogens is 1. The van der Waals surface area contributed by atoms with Crippen molar-refractivity contribution in [3.8, 4) is 5.88 Å². The third-order valence-electron chi connectivity index (χ3n) is 3.78. The van der Waals surface area contributed by atoms with Crippen molar-refractivity contribution in [2.45, 2.75) is 43.5 Å². The first-order valence-electron chi connectivity index (χ1n) is 7.11. The van der Waals surface area contributed by atoms with Gasteiger partial charge < -0.3 is 15.0 Å². The molecule has 0 atom stereocenters. The number of hydrogen-bond acceptors (Lipinski definition) is 6.